The second-order valence-electron chi connectivity index (χ2n) is 7.86. The minimum atomic E-state index is -0.376. The second-order valence-corrected chi connectivity index (χ2v) is 8.27. The van der Waals surface area contributed by atoms with Gasteiger partial charge in [0.05, 0.1) is 16.5 Å². The molecule has 0 amide bonds. The minimum absolute atomic E-state index is 0.148. The number of nitrogens with zero attached hydrogens (tertiary/aromatic N) is 3. The summed E-state index contributed by atoms with van der Waals surface area (Å²) in [5.41, 5.74) is 2.07. The quantitative estimate of drug-likeness (QED) is 0.406. The van der Waals surface area contributed by atoms with Crippen molar-refractivity contribution in [3.05, 3.63) is 104 Å². The van der Waals surface area contributed by atoms with Gasteiger partial charge in [-0.05, 0) is 43.5 Å². The molecular weight excluding hydrogens is 438 g/mol. The third-order valence-electron chi connectivity index (χ3n) is 5.69. The number of aromatic nitrogens is 4. The largest absolute Gasteiger partial charge is 0.361 e. The fourth-order valence-electron chi connectivity index (χ4n) is 4.04. The molecule has 0 aliphatic carbocycles. The Kier molecular flexibility index (Phi) is 5.18. The monoisotopic (exact) mass is 457 g/mol. The number of aromatic amines is 1. The van der Waals surface area contributed by atoms with Gasteiger partial charge in [-0.2, -0.15) is 0 Å². The van der Waals surface area contributed by atoms with Crippen molar-refractivity contribution in [3.63, 3.8) is 0 Å². The minimum Gasteiger partial charge on any atom is -0.361 e. The summed E-state index contributed by atoms with van der Waals surface area (Å²) in [6.45, 7) is 3.65. The summed E-state index contributed by atoms with van der Waals surface area (Å²) >= 11 is 6.40. The first kappa shape index (κ1) is 20.9. The van der Waals surface area contributed by atoms with Crippen molar-refractivity contribution in [2.75, 3.05) is 5.32 Å². The Bertz CT molecular complexity index is 1630. The van der Waals surface area contributed by atoms with Gasteiger partial charge in [-0.25, -0.2) is 9.97 Å². The van der Waals surface area contributed by atoms with Gasteiger partial charge < -0.3 is 10.3 Å². The molecular formula is C25H20ClN5O2. The molecule has 0 aliphatic rings. The molecule has 8 heteroatoms. The van der Waals surface area contributed by atoms with Gasteiger partial charge in [0.25, 0.3) is 5.56 Å². The van der Waals surface area contributed by atoms with E-state index in [-0.39, 0.29) is 17.0 Å². The number of pyridine rings is 2. The fourth-order valence-corrected chi connectivity index (χ4v) is 4.30. The summed E-state index contributed by atoms with van der Waals surface area (Å²) < 4.78 is 1.64. The molecule has 7 nitrogen and oxygen atoms in total. The second kappa shape index (κ2) is 8.18. The van der Waals surface area contributed by atoms with E-state index in [0.29, 0.717) is 44.2 Å². The molecule has 0 aliphatic heterocycles. The Balaban J connectivity index is 1.72. The van der Waals surface area contributed by atoms with Crippen LogP contribution < -0.4 is 16.3 Å². The molecule has 0 saturated heterocycles. The molecule has 0 bridgehead atoms. The van der Waals surface area contributed by atoms with Gasteiger partial charge in [0.1, 0.15) is 23.2 Å². The Labute approximate surface area is 193 Å². The first-order valence-electron chi connectivity index (χ1n) is 10.4. The van der Waals surface area contributed by atoms with E-state index >= 15 is 0 Å². The van der Waals surface area contributed by atoms with Crippen LogP contribution in [0.25, 0.3) is 27.5 Å². The van der Waals surface area contributed by atoms with E-state index in [4.69, 9.17) is 11.6 Å². The van der Waals surface area contributed by atoms with E-state index in [1.54, 1.807) is 23.8 Å². The smallest absolute Gasteiger partial charge is 0.264 e. The number of hydrogen-bond donors (Lipinski definition) is 2. The average molecular weight is 458 g/mol. The van der Waals surface area contributed by atoms with E-state index in [9.17, 15) is 9.59 Å². The predicted octanol–water partition coefficient (Wildman–Crippen LogP) is 4.76. The highest BCUT2D eigenvalue weighted by atomic mass is 35.5. The van der Waals surface area contributed by atoms with Gasteiger partial charge in [0, 0.05) is 23.1 Å². The van der Waals surface area contributed by atoms with Crippen LogP contribution >= 0.6 is 11.6 Å². The molecule has 1 unspecified atom stereocenters. The highest BCUT2D eigenvalue weighted by molar-refractivity contribution is 6.35. The van der Waals surface area contributed by atoms with Gasteiger partial charge >= 0.3 is 0 Å². The van der Waals surface area contributed by atoms with Crippen molar-refractivity contribution in [1.82, 2.24) is 19.5 Å². The third kappa shape index (κ3) is 3.56. The lowest BCUT2D eigenvalue weighted by Crippen LogP contribution is -2.26. The van der Waals surface area contributed by atoms with Gasteiger partial charge in [-0.1, -0.05) is 41.9 Å². The normalized spacial score (nSPS) is 12.2. The van der Waals surface area contributed by atoms with E-state index < -0.39 is 0 Å². The Morgan fingerprint density at radius 1 is 1.03 bits per heavy atom. The predicted molar refractivity (Wildman–Crippen MR) is 131 cm³/mol. The van der Waals surface area contributed by atoms with Crippen LogP contribution in [0.15, 0.2) is 76.7 Å². The highest BCUT2D eigenvalue weighted by Crippen LogP contribution is 2.27. The van der Waals surface area contributed by atoms with Crippen LogP contribution in [0.5, 0.6) is 0 Å². The lowest BCUT2D eigenvalue weighted by atomic mass is 10.1. The number of aryl methyl sites for hydroxylation is 1. The number of rotatable bonds is 4. The molecule has 5 aromatic rings. The number of fused-ring (bicyclic) bond motifs is 2. The Morgan fingerprint density at radius 3 is 2.61 bits per heavy atom. The summed E-state index contributed by atoms with van der Waals surface area (Å²) in [4.78, 5) is 38.0. The van der Waals surface area contributed by atoms with E-state index in [1.807, 2.05) is 55.5 Å². The first-order valence-corrected chi connectivity index (χ1v) is 10.8. The number of anilines is 1. The third-order valence-corrected chi connectivity index (χ3v) is 6.01. The zero-order chi connectivity index (χ0) is 23.1. The Morgan fingerprint density at radius 2 is 1.82 bits per heavy atom. The lowest BCUT2D eigenvalue weighted by Gasteiger charge is -2.22. The topological polar surface area (TPSA) is 92.7 Å². The summed E-state index contributed by atoms with van der Waals surface area (Å²) in [6, 6.07) is 16.3. The molecule has 5 rings (SSSR count). The molecule has 3 heterocycles. The summed E-state index contributed by atoms with van der Waals surface area (Å²) in [5.74, 6) is 0.399. The molecule has 0 spiro atoms. The zero-order valence-corrected chi connectivity index (χ0v) is 18.7. The summed E-state index contributed by atoms with van der Waals surface area (Å²) in [7, 11) is 0. The van der Waals surface area contributed by atoms with Crippen LogP contribution in [0, 0.1) is 6.92 Å². The Hall–Kier alpha value is -3.97. The van der Waals surface area contributed by atoms with Crippen LogP contribution in [-0.2, 0) is 0 Å². The van der Waals surface area contributed by atoms with Gasteiger partial charge in [0.2, 0.25) is 0 Å². The van der Waals surface area contributed by atoms with Crippen molar-refractivity contribution in [2.45, 2.75) is 19.9 Å². The maximum atomic E-state index is 13.6. The molecule has 1 atom stereocenters. The molecule has 164 valence electrons. The van der Waals surface area contributed by atoms with Crippen LogP contribution in [-0.4, -0.2) is 19.5 Å². The maximum Gasteiger partial charge on any atom is 0.264 e. The van der Waals surface area contributed by atoms with Crippen LogP contribution in [0.2, 0.25) is 5.02 Å². The van der Waals surface area contributed by atoms with Crippen LogP contribution in [0.4, 0.5) is 5.82 Å². The van der Waals surface area contributed by atoms with Crippen molar-refractivity contribution >= 4 is 39.2 Å². The first-order chi connectivity index (χ1) is 16.0. The number of benzene rings is 2. The lowest BCUT2D eigenvalue weighted by molar-refractivity contribution is 0.774. The van der Waals surface area contributed by atoms with Crippen molar-refractivity contribution < 1.29 is 0 Å². The van der Waals surface area contributed by atoms with Gasteiger partial charge in [-0.3, -0.25) is 14.2 Å². The van der Waals surface area contributed by atoms with Gasteiger partial charge in [0.15, 0.2) is 5.43 Å². The molecule has 2 aromatic carbocycles. The number of hydrogen-bond acceptors (Lipinski definition) is 5. The zero-order valence-electron chi connectivity index (χ0n) is 18.0. The SMILES string of the molecule is Cc1c[nH]c2ncnc(NC(C)c3cc4cccc(Cl)c4c(=O)n3-c3ccccc3)c2c1=O. The maximum absolute atomic E-state index is 13.6. The number of H-pyrrole nitrogens is 1. The molecule has 0 fully saturated rings. The number of halogens is 1. The molecule has 0 radical (unpaired) electrons. The van der Waals surface area contributed by atoms with Crippen LogP contribution in [0.3, 0.4) is 0 Å². The van der Waals surface area contributed by atoms with Crippen molar-refractivity contribution in [3.8, 4) is 5.69 Å². The van der Waals surface area contributed by atoms with Crippen molar-refractivity contribution in [1.29, 1.82) is 0 Å². The molecule has 3 aromatic heterocycles. The molecule has 0 saturated carbocycles. The standard InChI is InChI=1S/C25H20ClN5O2/c1-14-12-27-23-21(22(14)32)24(29-13-28-23)30-15(2)19-11-16-7-6-10-18(26)20(16)25(33)31(19)17-8-4-3-5-9-17/h3-13,15H,1-2H3,(H2,27,28,29,30,32). The van der Waals surface area contributed by atoms with E-state index in [2.05, 4.69) is 20.3 Å². The highest BCUT2D eigenvalue weighted by Gasteiger charge is 2.19. The molecule has 2 N–H and O–H groups in total. The average Bonchev–Trinajstić information content (AvgIpc) is 2.82. The van der Waals surface area contributed by atoms with Gasteiger partial charge in [-0.15, -0.1) is 0 Å². The van der Waals surface area contributed by atoms with E-state index in [0.717, 1.165) is 5.39 Å². The van der Waals surface area contributed by atoms with Crippen LogP contribution in [0.1, 0.15) is 24.2 Å². The number of nitrogens with one attached hydrogen (secondary N) is 2. The van der Waals surface area contributed by atoms with E-state index in [1.165, 1.54) is 6.33 Å². The fraction of sp³-hybridized carbons (Fsp3) is 0.120. The number of para-hydroxylation sites is 1. The summed E-state index contributed by atoms with van der Waals surface area (Å²) in [6.07, 6.45) is 3.03. The van der Waals surface area contributed by atoms with Crippen molar-refractivity contribution in [2.24, 2.45) is 0 Å². The summed E-state index contributed by atoms with van der Waals surface area (Å²) in [5, 5.41) is 5.30. The molecule has 33 heavy (non-hydrogen) atoms.